The molecule has 0 spiro atoms. The maximum absolute atomic E-state index is 12.7. The van der Waals surface area contributed by atoms with E-state index >= 15 is 0 Å². The number of amides is 1. The van der Waals surface area contributed by atoms with Crippen molar-refractivity contribution in [2.45, 2.75) is 51.6 Å². The third-order valence-electron chi connectivity index (χ3n) is 4.52. The number of aryl methyl sites for hydroxylation is 1. The molecular weight excluding hydrogens is 316 g/mol. The summed E-state index contributed by atoms with van der Waals surface area (Å²) in [5, 5.41) is 7.52. The van der Waals surface area contributed by atoms with E-state index in [0.29, 0.717) is 18.9 Å². The van der Waals surface area contributed by atoms with Crippen LogP contribution in [0.25, 0.3) is 0 Å². The Morgan fingerprint density at radius 3 is 2.92 bits per heavy atom. The molecule has 7 nitrogen and oxygen atoms in total. The molecule has 3 rings (SSSR count). The molecule has 0 bridgehead atoms. The molecule has 0 saturated carbocycles. The van der Waals surface area contributed by atoms with E-state index in [1.807, 2.05) is 24.0 Å². The SMILES string of the molecule is Cc1cnn(CC2CCCCN2C(=O)CCCNc2ncccn2)c1. The lowest BCUT2D eigenvalue weighted by molar-refractivity contribution is -0.135. The van der Waals surface area contributed by atoms with Crippen LogP contribution in [0.5, 0.6) is 0 Å². The van der Waals surface area contributed by atoms with Crippen molar-refractivity contribution in [1.82, 2.24) is 24.6 Å². The Morgan fingerprint density at radius 1 is 1.32 bits per heavy atom. The Bertz CT molecular complexity index is 671. The number of anilines is 1. The number of nitrogens with zero attached hydrogens (tertiary/aromatic N) is 5. The summed E-state index contributed by atoms with van der Waals surface area (Å²) < 4.78 is 1.96. The van der Waals surface area contributed by atoms with Gasteiger partial charge in [0.25, 0.3) is 0 Å². The van der Waals surface area contributed by atoms with Crippen LogP contribution in [0.2, 0.25) is 0 Å². The Kier molecular flexibility index (Phi) is 5.98. The number of nitrogens with one attached hydrogen (secondary N) is 1. The number of carbonyl (C=O) groups excluding carboxylic acids is 1. The molecule has 1 aliphatic heterocycles. The zero-order valence-corrected chi connectivity index (χ0v) is 14.8. The zero-order chi connectivity index (χ0) is 17.5. The minimum atomic E-state index is 0.240. The Morgan fingerprint density at radius 2 is 2.16 bits per heavy atom. The van der Waals surface area contributed by atoms with E-state index in [1.54, 1.807) is 18.5 Å². The first kappa shape index (κ1) is 17.4. The van der Waals surface area contributed by atoms with E-state index in [0.717, 1.165) is 37.9 Å². The largest absolute Gasteiger partial charge is 0.354 e. The van der Waals surface area contributed by atoms with Crippen molar-refractivity contribution in [1.29, 1.82) is 0 Å². The molecule has 134 valence electrons. The molecule has 3 heterocycles. The highest BCUT2D eigenvalue weighted by atomic mass is 16.2. The normalized spacial score (nSPS) is 17.5. The molecule has 0 radical (unpaired) electrons. The van der Waals surface area contributed by atoms with Crippen LogP contribution < -0.4 is 5.32 Å². The van der Waals surface area contributed by atoms with Gasteiger partial charge in [-0.15, -0.1) is 0 Å². The zero-order valence-electron chi connectivity index (χ0n) is 14.8. The number of rotatable bonds is 7. The molecule has 1 aliphatic rings. The number of hydrogen-bond donors (Lipinski definition) is 1. The minimum Gasteiger partial charge on any atom is -0.354 e. The van der Waals surface area contributed by atoms with E-state index in [4.69, 9.17) is 0 Å². The minimum absolute atomic E-state index is 0.240. The Labute approximate surface area is 148 Å². The Hall–Kier alpha value is -2.44. The molecule has 1 N–H and O–H groups in total. The molecule has 7 heteroatoms. The number of likely N-dealkylation sites (tertiary alicyclic amines) is 1. The van der Waals surface area contributed by atoms with Gasteiger partial charge in [-0.25, -0.2) is 9.97 Å². The summed E-state index contributed by atoms with van der Waals surface area (Å²) in [4.78, 5) is 22.9. The molecule has 1 saturated heterocycles. The summed E-state index contributed by atoms with van der Waals surface area (Å²) in [6, 6.07) is 2.04. The van der Waals surface area contributed by atoms with E-state index in [2.05, 4.69) is 25.3 Å². The molecule has 1 atom stereocenters. The van der Waals surface area contributed by atoms with E-state index in [9.17, 15) is 4.79 Å². The maximum atomic E-state index is 12.7. The van der Waals surface area contributed by atoms with Crippen molar-refractivity contribution in [3.05, 3.63) is 36.4 Å². The van der Waals surface area contributed by atoms with Gasteiger partial charge in [-0.1, -0.05) is 0 Å². The van der Waals surface area contributed by atoms with Crippen molar-refractivity contribution in [3.8, 4) is 0 Å². The van der Waals surface area contributed by atoms with Crippen LogP contribution in [0.4, 0.5) is 5.95 Å². The predicted molar refractivity (Wildman–Crippen MR) is 96.1 cm³/mol. The van der Waals surface area contributed by atoms with Gasteiger partial charge in [0.1, 0.15) is 0 Å². The van der Waals surface area contributed by atoms with Crippen molar-refractivity contribution in [2.24, 2.45) is 0 Å². The lowest BCUT2D eigenvalue weighted by Gasteiger charge is -2.36. The summed E-state index contributed by atoms with van der Waals surface area (Å²) in [5.41, 5.74) is 1.16. The third-order valence-corrected chi connectivity index (χ3v) is 4.52. The fourth-order valence-corrected chi connectivity index (χ4v) is 3.28. The third kappa shape index (κ3) is 5.01. The van der Waals surface area contributed by atoms with Crippen LogP contribution in [0.15, 0.2) is 30.9 Å². The number of carbonyl (C=O) groups is 1. The van der Waals surface area contributed by atoms with Crippen molar-refractivity contribution < 1.29 is 4.79 Å². The fraction of sp³-hybridized carbons (Fsp3) is 0.556. The molecule has 1 fully saturated rings. The van der Waals surface area contributed by atoms with Gasteiger partial charge >= 0.3 is 0 Å². The first-order chi connectivity index (χ1) is 12.2. The monoisotopic (exact) mass is 342 g/mol. The van der Waals surface area contributed by atoms with Gasteiger partial charge in [0.2, 0.25) is 11.9 Å². The summed E-state index contributed by atoms with van der Waals surface area (Å²) in [6.07, 6.45) is 12.0. The van der Waals surface area contributed by atoms with Crippen molar-refractivity contribution in [2.75, 3.05) is 18.4 Å². The van der Waals surface area contributed by atoms with Crippen LogP contribution in [0, 0.1) is 6.92 Å². The number of hydrogen-bond acceptors (Lipinski definition) is 5. The summed E-state index contributed by atoms with van der Waals surface area (Å²) in [5.74, 6) is 0.851. The van der Waals surface area contributed by atoms with Crippen LogP contribution in [0.3, 0.4) is 0 Å². The van der Waals surface area contributed by atoms with E-state index in [1.165, 1.54) is 6.42 Å². The van der Waals surface area contributed by atoms with Gasteiger partial charge in [0.05, 0.1) is 18.8 Å². The van der Waals surface area contributed by atoms with Gasteiger partial charge in [-0.3, -0.25) is 9.48 Å². The number of piperidine rings is 1. The van der Waals surface area contributed by atoms with Crippen LogP contribution in [-0.2, 0) is 11.3 Å². The smallest absolute Gasteiger partial charge is 0.222 e. The second-order valence-electron chi connectivity index (χ2n) is 6.58. The molecule has 25 heavy (non-hydrogen) atoms. The first-order valence-electron chi connectivity index (χ1n) is 9.02. The summed E-state index contributed by atoms with van der Waals surface area (Å²) in [7, 11) is 0. The second kappa shape index (κ2) is 8.60. The maximum Gasteiger partial charge on any atom is 0.222 e. The van der Waals surface area contributed by atoms with Crippen molar-refractivity contribution >= 4 is 11.9 Å². The molecular formula is C18H26N6O. The first-order valence-corrected chi connectivity index (χ1v) is 9.02. The topological polar surface area (TPSA) is 75.9 Å². The predicted octanol–water partition coefficient (Wildman–Crippen LogP) is 2.25. The lowest BCUT2D eigenvalue weighted by Crippen LogP contribution is -2.46. The molecule has 0 aliphatic carbocycles. The molecule has 2 aromatic heterocycles. The number of aromatic nitrogens is 4. The van der Waals surface area contributed by atoms with Crippen molar-refractivity contribution in [3.63, 3.8) is 0 Å². The molecule has 1 unspecified atom stereocenters. The highest BCUT2D eigenvalue weighted by Gasteiger charge is 2.26. The lowest BCUT2D eigenvalue weighted by atomic mass is 10.0. The van der Waals surface area contributed by atoms with Crippen LogP contribution >= 0.6 is 0 Å². The molecule has 2 aromatic rings. The van der Waals surface area contributed by atoms with Gasteiger partial charge in [0.15, 0.2) is 0 Å². The standard InChI is InChI=1S/C18H26N6O/c1-15-12-22-23(13-15)14-16-6-2-3-11-24(16)17(25)7-4-8-19-18-20-9-5-10-21-18/h5,9-10,12-13,16H,2-4,6-8,11,14H2,1H3,(H,19,20,21). The van der Waals surface area contributed by atoms with Gasteiger partial charge in [-0.05, 0) is 44.2 Å². The highest BCUT2D eigenvalue weighted by Crippen LogP contribution is 2.20. The summed E-state index contributed by atoms with van der Waals surface area (Å²) >= 11 is 0. The average Bonchev–Trinajstić information content (AvgIpc) is 3.05. The van der Waals surface area contributed by atoms with Gasteiger partial charge < -0.3 is 10.2 Å². The average molecular weight is 342 g/mol. The highest BCUT2D eigenvalue weighted by molar-refractivity contribution is 5.76. The van der Waals surface area contributed by atoms with E-state index in [-0.39, 0.29) is 11.9 Å². The molecule has 1 amide bonds. The summed E-state index contributed by atoms with van der Waals surface area (Å²) in [6.45, 7) is 4.39. The van der Waals surface area contributed by atoms with Crippen LogP contribution in [-0.4, -0.2) is 49.7 Å². The van der Waals surface area contributed by atoms with Crippen LogP contribution in [0.1, 0.15) is 37.7 Å². The van der Waals surface area contributed by atoms with E-state index < -0.39 is 0 Å². The quantitative estimate of drug-likeness (QED) is 0.781. The van der Waals surface area contributed by atoms with Gasteiger partial charge in [0, 0.05) is 38.1 Å². The molecule has 0 aromatic carbocycles. The second-order valence-corrected chi connectivity index (χ2v) is 6.58. The van der Waals surface area contributed by atoms with Gasteiger partial charge in [-0.2, -0.15) is 5.10 Å². The fourth-order valence-electron chi connectivity index (χ4n) is 3.28. The Balaban J connectivity index is 1.47.